The lowest BCUT2D eigenvalue weighted by Gasteiger charge is -2.36. The Bertz CT molecular complexity index is 944. The number of aromatic nitrogens is 2. The molecule has 1 saturated heterocycles. The second kappa shape index (κ2) is 8.80. The van der Waals surface area contributed by atoms with Crippen molar-refractivity contribution in [1.82, 2.24) is 20.6 Å². The van der Waals surface area contributed by atoms with Crippen molar-refractivity contribution in [3.8, 4) is 11.4 Å². The maximum absolute atomic E-state index is 12.1. The van der Waals surface area contributed by atoms with Gasteiger partial charge in [0.05, 0.1) is 24.9 Å². The third-order valence-corrected chi connectivity index (χ3v) is 6.39. The number of morpholine rings is 1. The minimum atomic E-state index is -0.140. The van der Waals surface area contributed by atoms with Crippen molar-refractivity contribution in [3.63, 3.8) is 0 Å². The predicted octanol–water partition coefficient (Wildman–Crippen LogP) is 2.69. The summed E-state index contributed by atoms with van der Waals surface area (Å²) in [5, 5.41) is 9.37. The van der Waals surface area contributed by atoms with Crippen LogP contribution >= 0.6 is 0 Å². The molecule has 164 valence electrons. The van der Waals surface area contributed by atoms with Crippen molar-refractivity contribution in [2.45, 2.75) is 51.2 Å². The van der Waals surface area contributed by atoms with E-state index in [9.17, 15) is 4.79 Å². The van der Waals surface area contributed by atoms with Gasteiger partial charge in [-0.1, -0.05) is 0 Å². The topological polar surface area (TPSA) is 91.4 Å². The second-order valence-corrected chi connectivity index (χ2v) is 8.64. The van der Waals surface area contributed by atoms with E-state index in [2.05, 4.69) is 27.8 Å². The minimum Gasteiger partial charge on any atom is -0.377 e. The fourth-order valence-electron chi connectivity index (χ4n) is 4.34. The van der Waals surface area contributed by atoms with Gasteiger partial charge in [-0.15, -0.1) is 0 Å². The Labute approximate surface area is 182 Å². The van der Waals surface area contributed by atoms with Crippen molar-refractivity contribution < 1.29 is 9.53 Å². The molecule has 3 aliphatic rings. The predicted molar refractivity (Wildman–Crippen MR) is 120 cm³/mol. The van der Waals surface area contributed by atoms with Gasteiger partial charge in [-0.05, 0) is 50.5 Å². The van der Waals surface area contributed by atoms with Gasteiger partial charge in [-0.2, -0.15) is 0 Å². The van der Waals surface area contributed by atoms with Gasteiger partial charge in [-0.25, -0.2) is 14.8 Å². The van der Waals surface area contributed by atoms with Gasteiger partial charge in [0.25, 0.3) is 0 Å². The second-order valence-electron chi connectivity index (χ2n) is 8.64. The zero-order chi connectivity index (χ0) is 21.2. The van der Waals surface area contributed by atoms with E-state index in [1.165, 1.54) is 12.0 Å². The van der Waals surface area contributed by atoms with Crippen LogP contribution in [-0.2, 0) is 17.7 Å². The summed E-state index contributed by atoms with van der Waals surface area (Å²) in [5.74, 6) is 1.75. The van der Waals surface area contributed by atoms with Crippen LogP contribution in [0.15, 0.2) is 24.3 Å². The Balaban J connectivity index is 1.39. The lowest BCUT2D eigenvalue weighted by atomic mass is 9.93. The number of hydrogen-bond acceptors (Lipinski definition) is 6. The first kappa shape index (κ1) is 20.2. The number of anilines is 2. The number of amides is 2. The quantitative estimate of drug-likeness (QED) is 0.702. The largest absolute Gasteiger partial charge is 0.377 e. The van der Waals surface area contributed by atoms with E-state index < -0.39 is 0 Å². The standard InChI is InChI=1S/C23H30N6O2/c1-15-14-31-12-11-29(15)22-19-13-24-10-9-20(19)27-21(28-22)16-5-7-18(8-6-16)26-23(30)25-17-3-2-4-17/h5-8,15,17,24H,2-4,9-14H2,1H3,(H2,25,26,30). The van der Waals surface area contributed by atoms with Crippen molar-refractivity contribution in [1.29, 1.82) is 0 Å². The van der Waals surface area contributed by atoms with Crippen molar-refractivity contribution >= 4 is 17.5 Å². The number of ether oxygens (including phenoxy) is 1. The zero-order valence-corrected chi connectivity index (χ0v) is 18.0. The van der Waals surface area contributed by atoms with Crippen LogP contribution in [0.25, 0.3) is 11.4 Å². The molecule has 1 atom stereocenters. The number of carbonyl (C=O) groups is 1. The van der Waals surface area contributed by atoms with Crippen LogP contribution in [0.1, 0.15) is 37.4 Å². The fraction of sp³-hybridized carbons (Fsp3) is 0.522. The average molecular weight is 423 g/mol. The molecule has 3 N–H and O–H groups in total. The lowest BCUT2D eigenvalue weighted by Crippen LogP contribution is -2.45. The Morgan fingerprint density at radius 1 is 1.23 bits per heavy atom. The third kappa shape index (κ3) is 4.36. The number of urea groups is 1. The smallest absolute Gasteiger partial charge is 0.319 e. The van der Waals surface area contributed by atoms with Crippen molar-refractivity contribution in [2.75, 3.05) is 36.5 Å². The molecular weight excluding hydrogens is 392 g/mol. The number of carbonyl (C=O) groups excluding carboxylic acids is 1. The van der Waals surface area contributed by atoms with Gasteiger partial charge in [0, 0.05) is 48.9 Å². The Hall–Kier alpha value is -2.71. The number of rotatable bonds is 4. The summed E-state index contributed by atoms with van der Waals surface area (Å²) in [5.41, 5.74) is 4.05. The summed E-state index contributed by atoms with van der Waals surface area (Å²) in [6, 6.07) is 8.25. The van der Waals surface area contributed by atoms with Gasteiger partial charge in [0.15, 0.2) is 5.82 Å². The minimum absolute atomic E-state index is 0.140. The first-order valence-electron chi connectivity index (χ1n) is 11.3. The van der Waals surface area contributed by atoms with Crippen LogP contribution in [0.2, 0.25) is 0 Å². The number of nitrogens with one attached hydrogen (secondary N) is 3. The molecule has 0 radical (unpaired) electrons. The molecule has 1 aromatic heterocycles. The summed E-state index contributed by atoms with van der Waals surface area (Å²) >= 11 is 0. The van der Waals surface area contributed by atoms with Gasteiger partial charge < -0.3 is 25.6 Å². The van der Waals surface area contributed by atoms with Crippen LogP contribution in [-0.4, -0.2) is 54.4 Å². The Morgan fingerprint density at radius 2 is 2.06 bits per heavy atom. The maximum atomic E-state index is 12.1. The van der Waals surface area contributed by atoms with E-state index in [-0.39, 0.29) is 12.1 Å². The summed E-state index contributed by atoms with van der Waals surface area (Å²) < 4.78 is 5.63. The SMILES string of the molecule is CC1COCCN1c1nc(-c2ccc(NC(=O)NC3CCC3)cc2)nc2c1CNCC2. The molecule has 5 rings (SSSR count). The van der Waals surface area contributed by atoms with Gasteiger partial charge in [0.2, 0.25) is 0 Å². The van der Waals surface area contributed by atoms with E-state index in [0.717, 1.165) is 74.1 Å². The summed E-state index contributed by atoms with van der Waals surface area (Å²) in [6.45, 7) is 6.18. The molecule has 0 bridgehead atoms. The van der Waals surface area contributed by atoms with E-state index >= 15 is 0 Å². The van der Waals surface area contributed by atoms with Crippen LogP contribution < -0.4 is 20.9 Å². The molecule has 1 aromatic carbocycles. The maximum Gasteiger partial charge on any atom is 0.319 e. The highest BCUT2D eigenvalue weighted by molar-refractivity contribution is 5.89. The molecule has 0 spiro atoms. The van der Waals surface area contributed by atoms with E-state index in [1.807, 2.05) is 24.3 Å². The van der Waals surface area contributed by atoms with E-state index in [0.29, 0.717) is 12.6 Å². The van der Waals surface area contributed by atoms with Gasteiger partial charge in [-0.3, -0.25) is 0 Å². The first-order valence-corrected chi connectivity index (χ1v) is 11.3. The van der Waals surface area contributed by atoms with E-state index in [4.69, 9.17) is 14.7 Å². The first-order chi connectivity index (χ1) is 15.2. The monoisotopic (exact) mass is 422 g/mol. The molecule has 2 amide bonds. The van der Waals surface area contributed by atoms with Crippen LogP contribution in [0.3, 0.4) is 0 Å². The lowest BCUT2D eigenvalue weighted by molar-refractivity contribution is 0.0984. The molecule has 2 fully saturated rings. The molecule has 1 saturated carbocycles. The highest BCUT2D eigenvalue weighted by atomic mass is 16.5. The van der Waals surface area contributed by atoms with Crippen molar-refractivity contribution in [2.24, 2.45) is 0 Å². The number of hydrogen-bond donors (Lipinski definition) is 3. The normalized spacial score (nSPS) is 21.2. The van der Waals surface area contributed by atoms with E-state index in [1.54, 1.807) is 0 Å². The third-order valence-electron chi connectivity index (χ3n) is 6.39. The summed E-state index contributed by atoms with van der Waals surface area (Å²) in [6.07, 6.45) is 4.24. The molecule has 31 heavy (non-hydrogen) atoms. The average Bonchev–Trinajstić information content (AvgIpc) is 2.76. The van der Waals surface area contributed by atoms with Gasteiger partial charge in [0.1, 0.15) is 5.82 Å². The highest BCUT2D eigenvalue weighted by Gasteiger charge is 2.27. The molecule has 8 nitrogen and oxygen atoms in total. The van der Waals surface area contributed by atoms with Crippen LogP contribution in [0.5, 0.6) is 0 Å². The zero-order valence-electron chi connectivity index (χ0n) is 18.0. The molecule has 3 heterocycles. The molecule has 2 aromatic rings. The Morgan fingerprint density at radius 3 is 2.81 bits per heavy atom. The van der Waals surface area contributed by atoms with Crippen molar-refractivity contribution in [3.05, 3.63) is 35.5 Å². The summed E-state index contributed by atoms with van der Waals surface area (Å²) in [7, 11) is 0. The Kier molecular flexibility index (Phi) is 5.74. The molecule has 1 unspecified atom stereocenters. The number of benzene rings is 1. The fourth-order valence-corrected chi connectivity index (χ4v) is 4.34. The van der Waals surface area contributed by atoms with Gasteiger partial charge >= 0.3 is 6.03 Å². The van der Waals surface area contributed by atoms with Crippen LogP contribution in [0, 0.1) is 0 Å². The summed E-state index contributed by atoms with van der Waals surface area (Å²) in [4.78, 5) is 24.4. The molecule has 1 aliphatic carbocycles. The molecular formula is C23H30N6O2. The highest BCUT2D eigenvalue weighted by Crippen LogP contribution is 2.30. The van der Waals surface area contributed by atoms with Crippen LogP contribution in [0.4, 0.5) is 16.3 Å². The number of fused-ring (bicyclic) bond motifs is 1. The molecule has 8 heteroatoms. The number of nitrogens with zero attached hydrogens (tertiary/aromatic N) is 3. The molecule has 2 aliphatic heterocycles.